The van der Waals surface area contributed by atoms with Crippen molar-refractivity contribution in [3.8, 4) is 0 Å². The Morgan fingerprint density at radius 1 is 1.40 bits per heavy atom. The van der Waals surface area contributed by atoms with E-state index in [1.807, 2.05) is 23.1 Å². The maximum absolute atomic E-state index is 12.3. The van der Waals surface area contributed by atoms with Crippen LogP contribution in [0.4, 0.5) is 11.4 Å². The van der Waals surface area contributed by atoms with Crippen LogP contribution in [0.15, 0.2) is 18.2 Å². The number of carbonyl (C=O) groups excluding carboxylic acids is 1. The smallest absolute Gasteiger partial charge is 0.229 e. The third-order valence-electron chi connectivity index (χ3n) is 4.10. The standard InChI is InChI=1S/C16H22N2O2/c17-14-4-1-5-15-13(14)3-2-9-18(15)16(19)8-10-20-11-12-6-7-12/h1,4-5,12H,2-3,6-11,17H2. The van der Waals surface area contributed by atoms with Crippen molar-refractivity contribution in [1.29, 1.82) is 0 Å². The summed E-state index contributed by atoms with van der Waals surface area (Å²) in [5.41, 5.74) is 8.91. The Hall–Kier alpha value is -1.55. The number of carbonyl (C=O) groups is 1. The summed E-state index contributed by atoms with van der Waals surface area (Å²) in [6.07, 6.45) is 4.97. The van der Waals surface area contributed by atoms with E-state index in [0.29, 0.717) is 13.0 Å². The van der Waals surface area contributed by atoms with Crippen LogP contribution in [0.1, 0.15) is 31.2 Å². The predicted molar refractivity (Wildman–Crippen MR) is 79.7 cm³/mol. The average molecular weight is 274 g/mol. The van der Waals surface area contributed by atoms with E-state index < -0.39 is 0 Å². The minimum atomic E-state index is 0.146. The number of benzene rings is 1. The SMILES string of the molecule is Nc1cccc2c1CCCN2C(=O)CCOCC1CC1. The molecule has 0 radical (unpaired) electrons. The molecule has 108 valence electrons. The summed E-state index contributed by atoms with van der Waals surface area (Å²) in [4.78, 5) is 14.2. The molecule has 1 saturated carbocycles. The summed E-state index contributed by atoms with van der Waals surface area (Å²) in [5.74, 6) is 0.896. The molecule has 0 saturated heterocycles. The van der Waals surface area contributed by atoms with E-state index >= 15 is 0 Å². The van der Waals surface area contributed by atoms with Gasteiger partial charge in [-0.2, -0.15) is 0 Å². The molecule has 0 atom stereocenters. The van der Waals surface area contributed by atoms with E-state index in [-0.39, 0.29) is 5.91 Å². The Morgan fingerprint density at radius 2 is 2.25 bits per heavy atom. The normalized spacial score (nSPS) is 17.9. The molecule has 1 aromatic carbocycles. The summed E-state index contributed by atoms with van der Waals surface area (Å²) >= 11 is 0. The van der Waals surface area contributed by atoms with E-state index in [2.05, 4.69) is 0 Å². The highest BCUT2D eigenvalue weighted by Gasteiger charge is 2.24. The first-order chi connectivity index (χ1) is 9.75. The molecular weight excluding hydrogens is 252 g/mol. The van der Waals surface area contributed by atoms with Crippen LogP contribution >= 0.6 is 0 Å². The number of amides is 1. The molecule has 1 heterocycles. The largest absolute Gasteiger partial charge is 0.398 e. The number of nitrogens with zero attached hydrogens (tertiary/aromatic N) is 1. The summed E-state index contributed by atoms with van der Waals surface area (Å²) in [6.45, 7) is 2.14. The lowest BCUT2D eigenvalue weighted by Crippen LogP contribution is -2.36. The summed E-state index contributed by atoms with van der Waals surface area (Å²) in [7, 11) is 0. The van der Waals surface area contributed by atoms with Gasteiger partial charge in [0.25, 0.3) is 0 Å². The zero-order valence-corrected chi connectivity index (χ0v) is 11.8. The van der Waals surface area contributed by atoms with Crippen LogP contribution in [0.3, 0.4) is 0 Å². The van der Waals surface area contributed by atoms with Crippen molar-refractivity contribution in [2.45, 2.75) is 32.1 Å². The van der Waals surface area contributed by atoms with Gasteiger partial charge in [0.1, 0.15) is 0 Å². The molecule has 1 aliphatic carbocycles. The number of fused-ring (bicyclic) bond motifs is 1. The van der Waals surface area contributed by atoms with Crippen LogP contribution in [0.5, 0.6) is 0 Å². The average Bonchev–Trinajstić information content (AvgIpc) is 3.27. The number of hydrogen-bond acceptors (Lipinski definition) is 3. The quantitative estimate of drug-likeness (QED) is 0.662. The molecular formula is C16H22N2O2. The fourth-order valence-electron chi connectivity index (χ4n) is 2.74. The van der Waals surface area contributed by atoms with Gasteiger partial charge in [0.05, 0.1) is 13.0 Å². The molecule has 1 aromatic rings. The van der Waals surface area contributed by atoms with Gasteiger partial charge in [0.15, 0.2) is 0 Å². The zero-order chi connectivity index (χ0) is 13.9. The molecule has 0 spiro atoms. The van der Waals surface area contributed by atoms with Crippen LogP contribution in [0, 0.1) is 5.92 Å². The molecule has 0 unspecified atom stereocenters. The molecule has 2 N–H and O–H groups in total. The maximum atomic E-state index is 12.3. The third-order valence-corrected chi connectivity index (χ3v) is 4.10. The van der Waals surface area contributed by atoms with Crippen LogP contribution < -0.4 is 10.6 Å². The van der Waals surface area contributed by atoms with Crippen molar-refractivity contribution >= 4 is 17.3 Å². The first-order valence-corrected chi connectivity index (χ1v) is 7.51. The lowest BCUT2D eigenvalue weighted by molar-refractivity contribution is -0.119. The molecule has 3 rings (SSSR count). The van der Waals surface area contributed by atoms with Crippen LogP contribution in [0.2, 0.25) is 0 Å². The molecule has 0 bridgehead atoms. The molecule has 1 amide bonds. The van der Waals surface area contributed by atoms with Gasteiger partial charge in [0.2, 0.25) is 5.91 Å². The molecule has 2 aliphatic rings. The van der Waals surface area contributed by atoms with E-state index in [1.54, 1.807) is 0 Å². The van der Waals surface area contributed by atoms with E-state index in [0.717, 1.165) is 48.8 Å². The lowest BCUT2D eigenvalue weighted by atomic mass is 9.99. The Labute approximate surface area is 119 Å². The first-order valence-electron chi connectivity index (χ1n) is 7.51. The third kappa shape index (κ3) is 2.96. The van der Waals surface area contributed by atoms with Crippen molar-refractivity contribution in [3.05, 3.63) is 23.8 Å². The molecule has 4 nitrogen and oxygen atoms in total. The monoisotopic (exact) mass is 274 g/mol. The highest BCUT2D eigenvalue weighted by Crippen LogP contribution is 2.32. The highest BCUT2D eigenvalue weighted by molar-refractivity contribution is 5.95. The molecule has 0 aromatic heterocycles. The molecule has 1 fully saturated rings. The fourth-order valence-corrected chi connectivity index (χ4v) is 2.74. The van der Waals surface area contributed by atoms with E-state index in [9.17, 15) is 4.79 Å². The molecule has 20 heavy (non-hydrogen) atoms. The van der Waals surface area contributed by atoms with Crippen molar-refractivity contribution in [1.82, 2.24) is 0 Å². The lowest BCUT2D eigenvalue weighted by Gasteiger charge is -2.30. The van der Waals surface area contributed by atoms with Crippen molar-refractivity contribution in [2.75, 3.05) is 30.4 Å². The van der Waals surface area contributed by atoms with Gasteiger partial charge < -0.3 is 15.4 Å². The Balaban J connectivity index is 1.59. The van der Waals surface area contributed by atoms with Gasteiger partial charge in [-0.3, -0.25) is 4.79 Å². The van der Waals surface area contributed by atoms with E-state index in [1.165, 1.54) is 12.8 Å². The number of nitrogen functional groups attached to an aromatic ring is 1. The number of nitrogens with two attached hydrogens (primary N) is 1. The first kappa shape index (κ1) is 13.4. The minimum Gasteiger partial charge on any atom is -0.398 e. The Morgan fingerprint density at radius 3 is 3.05 bits per heavy atom. The summed E-state index contributed by atoms with van der Waals surface area (Å²) in [6, 6.07) is 5.82. The van der Waals surface area contributed by atoms with Gasteiger partial charge >= 0.3 is 0 Å². The summed E-state index contributed by atoms with van der Waals surface area (Å²) in [5, 5.41) is 0. The van der Waals surface area contributed by atoms with Gasteiger partial charge in [-0.1, -0.05) is 6.07 Å². The van der Waals surface area contributed by atoms with Gasteiger partial charge in [-0.05, 0) is 49.3 Å². The zero-order valence-electron chi connectivity index (χ0n) is 11.8. The Bertz CT molecular complexity index is 497. The van der Waals surface area contributed by atoms with Crippen LogP contribution in [-0.4, -0.2) is 25.7 Å². The van der Waals surface area contributed by atoms with Gasteiger partial charge in [-0.15, -0.1) is 0 Å². The maximum Gasteiger partial charge on any atom is 0.229 e. The second kappa shape index (κ2) is 5.83. The van der Waals surface area contributed by atoms with Gasteiger partial charge in [-0.25, -0.2) is 0 Å². The number of hydrogen-bond donors (Lipinski definition) is 1. The van der Waals surface area contributed by atoms with Crippen molar-refractivity contribution < 1.29 is 9.53 Å². The number of rotatable bonds is 5. The number of anilines is 2. The summed E-state index contributed by atoms with van der Waals surface area (Å²) < 4.78 is 5.56. The van der Waals surface area contributed by atoms with Crippen LogP contribution in [0.25, 0.3) is 0 Å². The highest BCUT2D eigenvalue weighted by atomic mass is 16.5. The molecule has 4 heteroatoms. The minimum absolute atomic E-state index is 0.146. The van der Waals surface area contributed by atoms with Crippen molar-refractivity contribution in [2.24, 2.45) is 5.92 Å². The predicted octanol–water partition coefficient (Wildman–Crippen LogP) is 2.36. The Kier molecular flexibility index (Phi) is 3.92. The number of ether oxygens (including phenoxy) is 1. The second-order valence-electron chi connectivity index (χ2n) is 5.76. The van der Waals surface area contributed by atoms with E-state index in [4.69, 9.17) is 10.5 Å². The second-order valence-corrected chi connectivity index (χ2v) is 5.76. The topological polar surface area (TPSA) is 55.6 Å². The molecule has 1 aliphatic heterocycles. The fraction of sp³-hybridized carbons (Fsp3) is 0.562. The van der Waals surface area contributed by atoms with Crippen LogP contribution in [-0.2, 0) is 16.0 Å². The van der Waals surface area contributed by atoms with Gasteiger partial charge in [0, 0.05) is 24.5 Å². The van der Waals surface area contributed by atoms with Crippen molar-refractivity contribution in [3.63, 3.8) is 0 Å².